The maximum atomic E-state index is 11.3. The highest BCUT2D eigenvalue weighted by Crippen LogP contribution is 2.33. The van der Waals surface area contributed by atoms with E-state index < -0.39 is 17.6 Å². The van der Waals surface area contributed by atoms with Crippen LogP contribution in [0.2, 0.25) is 0 Å². The van der Waals surface area contributed by atoms with E-state index in [0.29, 0.717) is 13.1 Å². The lowest BCUT2D eigenvalue weighted by Gasteiger charge is -2.49. The van der Waals surface area contributed by atoms with Gasteiger partial charge < -0.3 is 14.7 Å². The molecule has 16 heavy (non-hydrogen) atoms. The largest absolute Gasteiger partial charge is 0.480 e. The van der Waals surface area contributed by atoms with Crippen LogP contribution >= 0.6 is 0 Å². The van der Waals surface area contributed by atoms with Crippen LogP contribution in [-0.2, 0) is 14.3 Å². The number of rotatable bonds is 2. The highest BCUT2D eigenvalue weighted by atomic mass is 16.6. The zero-order valence-electron chi connectivity index (χ0n) is 8.80. The lowest BCUT2D eigenvalue weighted by Crippen LogP contribution is -2.71. The van der Waals surface area contributed by atoms with Gasteiger partial charge in [0.15, 0.2) is 0 Å². The van der Waals surface area contributed by atoms with Crippen molar-refractivity contribution in [2.75, 3.05) is 26.2 Å². The van der Waals surface area contributed by atoms with Gasteiger partial charge in [0.2, 0.25) is 5.91 Å². The molecule has 0 aromatic rings. The predicted octanol–water partition coefficient (Wildman–Crippen LogP) is -0.876. The van der Waals surface area contributed by atoms with Gasteiger partial charge in [0.05, 0.1) is 0 Å². The molecule has 2 aliphatic heterocycles. The summed E-state index contributed by atoms with van der Waals surface area (Å²) in [5.74, 6) is -1.17. The molecule has 0 bridgehead atoms. The van der Waals surface area contributed by atoms with Crippen LogP contribution in [0.15, 0.2) is 0 Å². The van der Waals surface area contributed by atoms with E-state index in [1.165, 1.54) is 11.8 Å². The van der Waals surface area contributed by atoms with Crippen LogP contribution in [-0.4, -0.2) is 64.7 Å². The summed E-state index contributed by atoms with van der Waals surface area (Å²) in [6, 6.07) is 0. The minimum atomic E-state index is -1.08. The van der Waals surface area contributed by atoms with Crippen LogP contribution in [0.3, 0.4) is 0 Å². The smallest absolute Gasteiger partial charge is 0.411 e. The second-order valence-corrected chi connectivity index (χ2v) is 4.13. The van der Waals surface area contributed by atoms with Crippen molar-refractivity contribution < 1.29 is 24.2 Å². The number of cyclic esters (lactones) is 1. The van der Waals surface area contributed by atoms with E-state index in [-0.39, 0.29) is 19.1 Å². The molecule has 1 N–H and O–H groups in total. The molecule has 2 saturated heterocycles. The third-order valence-electron chi connectivity index (χ3n) is 2.97. The first-order valence-corrected chi connectivity index (χ1v) is 4.86. The fourth-order valence-corrected chi connectivity index (χ4v) is 2.06. The van der Waals surface area contributed by atoms with Crippen molar-refractivity contribution in [3.8, 4) is 0 Å². The summed E-state index contributed by atoms with van der Waals surface area (Å²) in [5.41, 5.74) is -0.624. The molecule has 2 rings (SSSR count). The Labute approximate surface area is 91.6 Å². The summed E-state index contributed by atoms with van der Waals surface area (Å²) in [7, 11) is 0. The monoisotopic (exact) mass is 228 g/mol. The van der Waals surface area contributed by atoms with E-state index in [2.05, 4.69) is 0 Å². The van der Waals surface area contributed by atoms with Gasteiger partial charge in [-0.15, -0.1) is 0 Å². The Hall–Kier alpha value is -1.79. The maximum Gasteiger partial charge on any atom is 0.411 e. The summed E-state index contributed by atoms with van der Waals surface area (Å²) in [6.45, 7) is 1.90. The van der Waals surface area contributed by atoms with E-state index in [4.69, 9.17) is 9.84 Å². The lowest BCUT2D eigenvalue weighted by molar-refractivity contribution is -0.144. The third-order valence-corrected chi connectivity index (χ3v) is 2.97. The number of aliphatic carboxylic acids is 1. The standard InChI is InChI=1S/C9H12N2O5/c1-6(12)10-3-9(4-10)5-16-8(15)11(9)2-7(13)14/h2-5H2,1H3,(H,13,14). The third kappa shape index (κ3) is 1.48. The Morgan fingerprint density at radius 3 is 2.62 bits per heavy atom. The first kappa shape index (κ1) is 10.7. The molecule has 0 saturated carbocycles. The van der Waals surface area contributed by atoms with Crippen molar-refractivity contribution >= 4 is 18.0 Å². The second kappa shape index (κ2) is 3.36. The maximum absolute atomic E-state index is 11.3. The van der Waals surface area contributed by atoms with Crippen molar-refractivity contribution in [3.63, 3.8) is 0 Å². The number of hydrogen-bond acceptors (Lipinski definition) is 4. The number of hydrogen-bond donors (Lipinski definition) is 1. The van der Waals surface area contributed by atoms with Crippen molar-refractivity contribution in [1.29, 1.82) is 0 Å². The van der Waals surface area contributed by atoms with E-state index in [1.807, 2.05) is 0 Å². The fraction of sp³-hybridized carbons (Fsp3) is 0.667. The topological polar surface area (TPSA) is 87.2 Å². The molecule has 88 valence electrons. The van der Waals surface area contributed by atoms with Crippen LogP contribution < -0.4 is 0 Å². The number of ether oxygens (including phenoxy) is 1. The molecule has 7 heteroatoms. The average Bonchev–Trinajstić information content (AvgIpc) is 2.41. The summed E-state index contributed by atoms with van der Waals surface area (Å²) >= 11 is 0. The molecule has 0 aromatic heterocycles. The summed E-state index contributed by atoms with van der Waals surface area (Å²) in [6.07, 6.45) is -0.620. The van der Waals surface area contributed by atoms with Crippen molar-refractivity contribution in [2.45, 2.75) is 12.5 Å². The highest BCUT2D eigenvalue weighted by molar-refractivity contribution is 5.81. The average molecular weight is 228 g/mol. The Morgan fingerprint density at radius 1 is 1.50 bits per heavy atom. The molecule has 0 atom stereocenters. The Kier molecular flexibility index (Phi) is 2.25. The molecule has 2 amide bonds. The molecule has 2 heterocycles. The van der Waals surface area contributed by atoms with Crippen LogP contribution in [0, 0.1) is 0 Å². The van der Waals surface area contributed by atoms with Gasteiger partial charge in [-0.25, -0.2) is 4.79 Å². The van der Waals surface area contributed by atoms with Crippen molar-refractivity contribution in [2.24, 2.45) is 0 Å². The van der Waals surface area contributed by atoms with E-state index in [0.717, 1.165) is 0 Å². The van der Waals surface area contributed by atoms with Gasteiger partial charge in [-0.1, -0.05) is 0 Å². The van der Waals surface area contributed by atoms with Crippen molar-refractivity contribution in [3.05, 3.63) is 0 Å². The molecule has 1 spiro atoms. The number of carbonyl (C=O) groups excluding carboxylic acids is 2. The van der Waals surface area contributed by atoms with Gasteiger partial charge in [0.1, 0.15) is 18.7 Å². The number of carboxylic acid groups (broad SMARTS) is 1. The molecule has 0 unspecified atom stereocenters. The van der Waals surface area contributed by atoms with Gasteiger partial charge in [-0.05, 0) is 0 Å². The zero-order valence-corrected chi connectivity index (χ0v) is 8.80. The van der Waals surface area contributed by atoms with Crippen LogP contribution in [0.1, 0.15) is 6.92 Å². The second-order valence-electron chi connectivity index (χ2n) is 4.13. The number of likely N-dealkylation sites (tertiary alicyclic amines) is 1. The van der Waals surface area contributed by atoms with Crippen LogP contribution in [0.4, 0.5) is 4.79 Å². The highest BCUT2D eigenvalue weighted by Gasteiger charge is 2.56. The normalized spacial score (nSPS) is 21.9. The van der Waals surface area contributed by atoms with Crippen LogP contribution in [0.25, 0.3) is 0 Å². The van der Waals surface area contributed by atoms with Gasteiger partial charge >= 0.3 is 12.1 Å². The molecule has 0 aliphatic carbocycles. The molecule has 2 fully saturated rings. The van der Waals surface area contributed by atoms with Crippen LogP contribution in [0.5, 0.6) is 0 Å². The lowest BCUT2D eigenvalue weighted by atomic mass is 9.89. The number of carbonyl (C=O) groups is 3. The molecule has 0 radical (unpaired) electrons. The molecule has 0 aromatic carbocycles. The number of carboxylic acids is 1. The first-order valence-electron chi connectivity index (χ1n) is 4.86. The Morgan fingerprint density at radius 2 is 2.12 bits per heavy atom. The summed E-state index contributed by atoms with van der Waals surface area (Å²) < 4.78 is 4.84. The minimum Gasteiger partial charge on any atom is -0.480 e. The number of nitrogens with zero attached hydrogens (tertiary/aromatic N) is 2. The van der Waals surface area contributed by atoms with Gasteiger partial charge in [0.25, 0.3) is 0 Å². The van der Waals surface area contributed by atoms with E-state index in [9.17, 15) is 14.4 Å². The van der Waals surface area contributed by atoms with Gasteiger partial charge in [-0.2, -0.15) is 0 Å². The zero-order chi connectivity index (χ0) is 11.9. The Bertz CT molecular complexity index is 361. The summed E-state index contributed by atoms with van der Waals surface area (Å²) in [4.78, 5) is 35.7. The van der Waals surface area contributed by atoms with Gasteiger partial charge in [-0.3, -0.25) is 14.5 Å². The Balaban J connectivity index is 2.08. The SMILES string of the molecule is CC(=O)N1CC2(COC(=O)N2CC(=O)O)C1. The van der Waals surface area contributed by atoms with E-state index >= 15 is 0 Å². The van der Waals surface area contributed by atoms with Gasteiger partial charge in [0, 0.05) is 20.0 Å². The minimum absolute atomic E-state index is 0.0831. The molecular formula is C9H12N2O5. The quantitative estimate of drug-likeness (QED) is 0.663. The van der Waals surface area contributed by atoms with Crippen molar-refractivity contribution in [1.82, 2.24) is 9.80 Å². The molecular weight excluding hydrogens is 216 g/mol. The summed E-state index contributed by atoms with van der Waals surface area (Å²) in [5, 5.41) is 8.69. The van der Waals surface area contributed by atoms with E-state index in [1.54, 1.807) is 4.90 Å². The molecule has 2 aliphatic rings. The molecule has 7 nitrogen and oxygen atoms in total. The predicted molar refractivity (Wildman–Crippen MR) is 50.7 cm³/mol. The number of amides is 2. The fourth-order valence-electron chi connectivity index (χ4n) is 2.06. The first-order chi connectivity index (χ1) is 7.44.